The van der Waals surface area contributed by atoms with E-state index in [1.165, 1.54) is 0 Å². The Balaban J connectivity index is 2.06. The Kier molecular flexibility index (Phi) is 7.98. The molecule has 0 aliphatic carbocycles. The molecule has 6 heteroatoms. The van der Waals surface area contributed by atoms with E-state index in [1.807, 2.05) is 49.4 Å². The number of halogens is 1. The van der Waals surface area contributed by atoms with E-state index in [0.29, 0.717) is 47.9 Å². The molecule has 0 saturated carbocycles. The maximum absolute atomic E-state index is 5.90. The van der Waals surface area contributed by atoms with Crippen molar-refractivity contribution in [2.75, 3.05) is 26.9 Å². The summed E-state index contributed by atoms with van der Waals surface area (Å²) in [6.45, 7) is 4.18. The highest BCUT2D eigenvalue weighted by Gasteiger charge is 2.10. The van der Waals surface area contributed by atoms with Crippen LogP contribution in [0.1, 0.15) is 18.1 Å². The lowest BCUT2D eigenvalue weighted by Gasteiger charge is -2.14. The smallest absolute Gasteiger partial charge is 0.161 e. The van der Waals surface area contributed by atoms with Crippen LogP contribution < -0.4 is 14.8 Å². The molecular weight excluding hydrogens is 358 g/mol. The number of hydrogen-bond donors (Lipinski definition) is 1. The Morgan fingerprint density at radius 3 is 2.52 bits per heavy atom. The number of ether oxygens (including phenoxy) is 3. The molecule has 2 aromatic carbocycles. The third-order valence-electron chi connectivity index (χ3n) is 3.41. The van der Waals surface area contributed by atoms with Crippen molar-refractivity contribution in [3.05, 3.63) is 58.6 Å². The van der Waals surface area contributed by atoms with E-state index >= 15 is 0 Å². The van der Waals surface area contributed by atoms with E-state index in [0.717, 1.165) is 11.1 Å². The molecule has 4 nitrogen and oxygen atoms in total. The van der Waals surface area contributed by atoms with Gasteiger partial charge in [0.2, 0.25) is 0 Å². The summed E-state index contributed by atoms with van der Waals surface area (Å²) in [6.07, 6.45) is 0. The molecule has 1 N–H and O–H groups in total. The summed E-state index contributed by atoms with van der Waals surface area (Å²) in [4.78, 5) is 0.655. The highest BCUT2D eigenvalue weighted by atomic mass is 35.5. The number of hydrogen-bond acceptors (Lipinski definition) is 4. The molecular formula is C19H22ClNO3S. The SMILES string of the molecule is CCOc1cc(C(=S)NCCOC)ccc1OCc1ccc(Cl)cc1. The van der Waals surface area contributed by atoms with Crippen LogP contribution in [-0.4, -0.2) is 31.9 Å². The Bertz CT molecular complexity index is 692. The zero-order valence-electron chi connectivity index (χ0n) is 14.4. The van der Waals surface area contributed by atoms with Gasteiger partial charge in [0.25, 0.3) is 0 Å². The minimum absolute atomic E-state index is 0.438. The van der Waals surface area contributed by atoms with Crippen LogP contribution >= 0.6 is 23.8 Å². The molecule has 2 rings (SSSR count). The third-order valence-corrected chi connectivity index (χ3v) is 4.04. The second-order valence-corrected chi connectivity index (χ2v) is 6.10. The Labute approximate surface area is 159 Å². The van der Waals surface area contributed by atoms with Crippen LogP contribution in [0, 0.1) is 0 Å². The summed E-state index contributed by atoms with van der Waals surface area (Å²) in [5, 5.41) is 3.86. The largest absolute Gasteiger partial charge is 0.490 e. The third kappa shape index (κ3) is 6.20. The molecule has 25 heavy (non-hydrogen) atoms. The van der Waals surface area contributed by atoms with Crippen molar-refractivity contribution in [3.8, 4) is 11.5 Å². The van der Waals surface area contributed by atoms with Crippen molar-refractivity contribution in [1.82, 2.24) is 5.32 Å². The molecule has 0 aromatic heterocycles. The van der Waals surface area contributed by atoms with Gasteiger partial charge in [0.15, 0.2) is 11.5 Å². The standard InChI is InChI=1S/C19H22ClNO3S/c1-3-23-18-12-15(19(25)21-10-11-22-2)6-9-17(18)24-13-14-4-7-16(20)8-5-14/h4-9,12H,3,10-11,13H2,1-2H3,(H,21,25). The van der Waals surface area contributed by atoms with Gasteiger partial charge in [0, 0.05) is 24.2 Å². The molecule has 134 valence electrons. The first-order valence-electron chi connectivity index (χ1n) is 8.05. The summed E-state index contributed by atoms with van der Waals surface area (Å²) < 4.78 is 16.6. The highest BCUT2D eigenvalue weighted by molar-refractivity contribution is 7.80. The maximum Gasteiger partial charge on any atom is 0.161 e. The highest BCUT2D eigenvalue weighted by Crippen LogP contribution is 2.29. The van der Waals surface area contributed by atoms with Crippen LogP contribution in [0.2, 0.25) is 5.02 Å². The van der Waals surface area contributed by atoms with Gasteiger partial charge < -0.3 is 19.5 Å². The van der Waals surface area contributed by atoms with Crippen molar-refractivity contribution in [3.63, 3.8) is 0 Å². The zero-order chi connectivity index (χ0) is 18.1. The quantitative estimate of drug-likeness (QED) is 0.521. The van der Waals surface area contributed by atoms with Gasteiger partial charge in [-0.2, -0.15) is 0 Å². The first-order valence-corrected chi connectivity index (χ1v) is 8.84. The second-order valence-electron chi connectivity index (χ2n) is 5.26. The van der Waals surface area contributed by atoms with Crippen molar-refractivity contribution in [2.24, 2.45) is 0 Å². The first kappa shape index (κ1) is 19.5. The maximum atomic E-state index is 5.90. The van der Waals surface area contributed by atoms with Crippen LogP contribution in [0.25, 0.3) is 0 Å². The number of nitrogens with one attached hydrogen (secondary N) is 1. The average molecular weight is 380 g/mol. The number of benzene rings is 2. The number of thiocarbonyl (C=S) groups is 1. The van der Waals surface area contributed by atoms with Gasteiger partial charge in [0.1, 0.15) is 11.6 Å². The summed E-state index contributed by atoms with van der Waals surface area (Å²) in [7, 11) is 1.66. The Morgan fingerprint density at radius 1 is 1.08 bits per heavy atom. The van der Waals surface area contributed by atoms with E-state index in [9.17, 15) is 0 Å². The molecule has 0 atom stereocenters. The summed E-state index contributed by atoms with van der Waals surface area (Å²) >= 11 is 11.3. The molecule has 0 amide bonds. The van der Waals surface area contributed by atoms with Gasteiger partial charge >= 0.3 is 0 Å². The molecule has 0 heterocycles. The van der Waals surface area contributed by atoms with E-state index in [1.54, 1.807) is 7.11 Å². The van der Waals surface area contributed by atoms with Gasteiger partial charge in [-0.1, -0.05) is 36.0 Å². The molecule has 0 aliphatic rings. The lowest BCUT2D eigenvalue weighted by Crippen LogP contribution is -2.26. The fourth-order valence-corrected chi connectivity index (χ4v) is 2.50. The van der Waals surface area contributed by atoms with Gasteiger partial charge in [-0.25, -0.2) is 0 Å². The normalized spacial score (nSPS) is 10.4. The average Bonchev–Trinajstić information content (AvgIpc) is 2.62. The lowest BCUT2D eigenvalue weighted by atomic mass is 10.2. The predicted octanol–water partition coefficient (Wildman–Crippen LogP) is 4.23. The minimum atomic E-state index is 0.438. The van der Waals surface area contributed by atoms with Crippen LogP contribution in [0.3, 0.4) is 0 Å². The Morgan fingerprint density at radius 2 is 1.84 bits per heavy atom. The lowest BCUT2D eigenvalue weighted by molar-refractivity contribution is 0.204. The molecule has 0 radical (unpaired) electrons. The Hall–Kier alpha value is -1.82. The number of rotatable bonds is 9. The van der Waals surface area contributed by atoms with Crippen LogP contribution in [0.15, 0.2) is 42.5 Å². The predicted molar refractivity (Wildman–Crippen MR) is 105 cm³/mol. The van der Waals surface area contributed by atoms with Crippen LogP contribution in [0.5, 0.6) is 11.5 Å². The molecule has 0 spiro atoms. The van der Waals surface area contributed by atoms with Gasteiger partial charge in [-0.15, -0.1) is 0 Å². The topological polar surface area (TPSA) is 39.7 Å². The second kappa shape index (κ2) is 10.2. The van der Waals surface area contributed by atoms with E-state index < -0.39 is 0 Å². The van der Waals surface area contributed by atoms with E-state index in [2.05, 4.69) is 5.32 Å². The fraction of sp³-hybridized carbons (Fsp3) is 0.316. The number of methoxy groups -OCH3 is 1. The van der Waals surface area contributed by atoms with Crippen molar-refractivity contribution < 1.29 is 14.2 Å². The summed E-state index contributed by atoms with van der Waals surface area (Å²) in [6, 6.07) is 13.2. The fourth-order valence-electron chi connectivity index (χ4n) is 2.15. The molecule has 0 aliphatic heterocycles. The van der Waals surface area contributed by atoms with E-state index in [-0.39, 0.29) is 0 Å². The monoisotopic (exact) mass is 379 g/mol. The van der Waals surface area contributed by atoms with Gasteiger partial charge in [-0.05, 0) is 42.8 Å². The van der Waals surface area contributed by atoms with Crippen molar-refractivity contribution >= 4 is 28.8 Å². The molecule has 2 aromatic rings. The van der Waals surface area contributed by atoms with Crippen LogP contribution in [0.4, 0.5) is 0 Å². The first-order chi connectivity index (χ1) is 12.1. The summed E-state index contributed by atoms with van der Waals surface area (Å²) in [5.74, 6) is 1.35. The van der Waals surface area contributed by atoms with Gasteiger partial charge in [-0.3, -0.25) is 0 Å². The van der Waals surface area contributed by atoms with Crippen molar-refractivity contribution in [1.29, 1.82) is 0 Å². The van der Waals surface area contributed by atoms with Crippen molar-refractivity contribution in [2.45, 2.75) is 13.5 Å². The molecule has 0 unspecified atom stereocenters. The van der Waals surface area contributed by atoms with Crippen LogP contribution in [-0.2, 0) is 11.3 Å². The summed E-state index contributed by atoms with van der Waals surface area (Å²) in [5.41, 5.74) is 1.92. The molecule has 0 bridgehead atoms. The van der Waals surface area contributed by atoms with E-state index in [4.69, 9.17) is 38.0 Å². The van der Waals surface area contributed by atoms with Gasteiger partial charge in [0.05, 0.1) is 13.2 Å². The zero-order valence-corrected chi connectivity index (χ0v) is 16.0. The minimum Gasteiger partial charge on any atom is -0.490 e. The molecule has 0 fully saturated rings. The molecule has 0 saturated heterocycles.